The van der Waals surface area contributed by atoms with Crippen LogP contribution in [0.4, 0.5) is 4.39 Å². The van der Waals surface area contributed by atoms with Crippen molar-refractivity contribution in [1.82, 2.24) is 5.32 Å². The molecule has 0 aliphatic carbocycles. The lowest BCUT2D eigenvalue weighted by Gasteiger charge is -2.23. The Morgan fingerprint density at radius 2 is 2.13 bits per heavy atom. The van der Waals surface area contributed by atoms with Crippen molar-refractivity contribution in [2.24, 2.45) is 0 Å². The summed E-state index contributed by atoms with van der Waals surface area (Å²) in [4.78, 5) is 0. The molecule has 15 heavy (non-hydrogen) atoms. The number of hydrogen-bond acceptors (Lipinski definition) is 2. The maximum atomic E-state index is 13.0. The molecule has 0 bridgehead atoms. The molecule has 0 saturated carbocycles. The van der Waals surface area contributed by atoms with Crippen molar-refractivity contribution in [3.05, 3.63) is 41.4 Å². The summed E-state index contributed by atoms with van der Waals surface area (Å²) in [5, 5.41) is 2.98. The van der Waals surface area contributed by atoms with E-state index in [9.17, 15) is 4.39 Å². The predicted octanol–water partition coefficient (Wildman–Crippen LogP) is 2.86. The van der Waals surface area contributed by atoms with Crippen LogP contribution in [0.1, 0.15) is 24.2 Å². The van der Waals surface area contributed by atoms with Gasteiger partial charge in [-0.2, -0.15) is 0 Å². The zero-order valence-electron chi connectivity index (χ0n) is 8.58. The Bertz CT molecular complexity index is 392. The van der Waals surface area contributed by atoms with Gasteiger partial charge in [0.25, 0.3) is 0 Å². The molecule has 2 rings (SSSR count). The molecule has 1 heterocycles. The maximum absolute atomic E-state index is 13.0. The molecule has 1 aliphatic heterocycles. The van der Waals surface area contributed by atoms with Gasteiger partial charge in [0.1, 0.15) is 18.2 Å². The molecule has 1 aromatic rings. The van der Waals surface area contributed by atoms with Crippen LogP contribution >= 0.6 is 12.4 Å². The SMILES string of the molecule is CNC1=COC(C)c2ccc(F)cc21.Cl. The first-order valence-corrected chi connectivity index (χ1v) is 4.55. The summed E-state index contributed by atoms with van der Waals surface area (Å²) in [6.07, 6.45) is 1.62. The number of halogens is 2. The van der Waals surface area contributed by atoms with Gasteiger partial charge in [-0.1, -0.05) is 6.07 Å². The van der Waals surface area contributed by atoms with Gasteiger partial charge in [0, 0.05) is 18.2 Å². The van der Waals surface area contributed by atoms with E-state index in [0.717, 1.165) is 16.8 Å². The highest BCUT2D eigenvalue weighted by atomic mass is 35.5. The van der Waals surface area contributed by atoms with Crippen molar-refractivity contribution >= 4 is 18.1 Å². The van der Waals surface area contributed by atoms with Crippen LogP contribution in [0.3, 0.4) is 0 Å². The van der Waals surface area contributed by atoms with Crippen LogP contribution in [0.25, 0.3) is 5.70 Å². The largest absolute Gasteiger partial charge is 0.491 e. The van der Waals surface area contributed by atoms with E-state index in [-0.39, 0.29) is 24.3 Å². The van der Waals surface area contributed by atoms with E-state index in [4.69, 9.17) is 4.74 Å². The third-order valence-electron chi connectivity index (χ3n) is 2.40. The molecule has 1 atom stereocenters. The van der Waals surface area contributed by atoms with Gasteiger partial charge in [0.05, 0.1) is 5.70 Å². The monoisotopic (exact) mass is 229 g/mol. The van der Waals surface area contributed by atoms with Gasteiger partial charge in [-0.3, -0.25) is 0 Å². The molecular weight excluding hydrogens is 217 g/mol. The Morgan fingerprint density at radius 3 is 2.80 bits per heavy atom. The van der Waals surface area contributed by atoms with Crippen LogP contribution in [-0.4, -0.2) is 7.05 Å². The third kappa shape index (κ3) is 2.07. The van der Waals surface area contributed by atoms with Gasteiger partial charge in [0.15, 0.2) is 0 Å². The zero-order chi connectivity index (χ0) is 10.1. The molecule has 0 fully saturated rings. The van der Waals surface area contributed by atoms with Crippen LogP contribution in [-0.2, 0) is 4.74 Å². The van der Waals surface area contributed by atoms with Gasteiger partial charge in [-0.15, -0.1) is 12.4 Å². The minimum absolute atomic E-state index is 0. The Morgan fingerprint density at radius 1 is 1.40 bits per heavy atom. The molecule has 1 N–H and O–H groups in total. The average Bonchev–Trinajstić information content (AvgIpc) is 2.18. The highest BCUT2D eigenvalue weighted by Gasteiger charge is 2.18. The number of rotatable bonds is 1. The van der Waals surface area contributed by atoms with E-state index in [1.807, 2.05) is 6.92 Å². The molecular formula is C11H13ClFNO. The van der Waals surface area contributed by atoms with Crippen LogP contribution in [0.2, 0.25) is 0 Å². The maximum Gasteiger partial charge on any atom is 0.123 e. The highest BCUT2D eigenvalue weighted by Crippen LogP contribution is 2.31. The molecule has 0 saturated heterocycles. The summed E-state index contributed by atoms with van der Waals surface area (Å²) >= 11 is 0. The van der Waals surface area contributed by atoms with E-state index < -0.39 is 0 Å². The summed E-state index contributed by atoms with van der Waals surface area (Å²) in [7, 11) is 1.79. The van der Waals surface area contributed by atoms with Crippen LogP contribution in [0, 0.1) is 5.82 Å². The second kappa shape index (κ2) is 4.53. The average molecular weight is 230 g/mol. The molecule has 0 radical (unpaired) electrons. The fourth-order valence-electron chi connectivity index (χ4n) is 1.62. The van der Waals surface area contributed by atoms with Crippen LogP contribution in [0.5, 0.6) is 0 Å². The quantitative estimate of drug-likeness (QED) is 0.800. The van der Waals surface area contributed by atoms with Crippen molar-refractivity contribution in [2.45, 2.75) is 13.0 Å². The van der Waals surface area contributed by atoms with Gasteiger partial charge >= 0.3 is 0 Å². The standard InChI is InChI=1S/C11H12FNO.ClH/c1-7-9-4-3-8(12)5-10(9)11(13-2)6-14-7;/h3-7,13H,1-2H3;1H. The molecule has 4 heteroatoms. The molecule has 0 aromatic heterocycles. The van der Waals surface area contributed by atoms with E-state index in [1.165, 1.54) is 12.1 Å². The van der Waals surface area contributed by atoms with Crippen molar-refractivity contribution in [2.75, 3.05) is 7.05 Å². The second-order valence-corrected chi connectivity index (χ2v) is 3.29. The highest BCUT2D eigenvalue weighted by molar-refractivity contribution is 5.85. The number of hydrogen-bond donors (Lipinski definition) is 1. The fourth-order valence-corrected chi connectivity index (χ4v) is 1.62. The van der Waals surface area contributed by atoms with E-state index in [0.29, 0.717) is 0 Å². The topological polar surface area (TPSA) is 21.3 Å². The summed E-state index contributed by atoms with van der Waals surface area (Å²) in [5.74, 6) is -0.223. The first-order chi connectivity index (χ1) is 6.72. The number of fused-ring (bicyclic) bond motifs is 1. The zero-order valence-corrected chi connectivity index (χ0v) is 9.40. The second-order valence-electron chi connectivity index (χ2n) is 3.29. The van der Waals surface area contributed by atoms with Gasteiger partial charge < -0.3 is 10.1 Å². The predicted molar refractivity (Wildman–Crippen MR) is 60.2 cm³/mol. The molecule has 0 amide bonds. The minimum Gasteiger partial charge on any atom is -0.491 e. The van der Waals surface area contributed by atoms with Crippen molar-refractivity contribution in [3.63, 3.8) is 0 Å². The van der Waals surface area contributed by atoms with Crippen molar-refractivity contribution < 1.29 is 9.13 Å². The van der Waals surface area contributed by atoms with Gasteiger partial charge in [0.2, 0.25) is 0 Å². The molecule has 82 valence electrons. The van der Waals surface area contributed by atoms with Crippen molar-refractivity contribution in [1.29, 1.82) is 0 Å². The molecule has 1 aromatic carbocycles. The lowest BCUT2D eigenvalue weighted by molar-refractivity contribution is 0.159. The molecule has 2 nitrogen and oxygen atoms in total. The Kier molecular flexibility index (Phi) is 3.58. The van der Waals surface area contributed by atoms with Crippen molar-refractivity contribution in [3.8, 4) is 0 Å². The summed E-state index contributed by atoms with van der Waals surface area (Å²) in [6, 6.07) is 4.74. The van der Waals surface area contributed by atoms with Crippen LogP contribution < -0.4 is 5.32 Å². The number of ether oxygens (including phenoxy) is 1. The molecule has 0 spiro atoms. The lowest BCUT2D eigenvalue weighted by atomic mass is 9.99. The summed E-state index contributed by atoms with van der Waals surface area (Å²) in [5.41, 5.74) is 2.71. The van der Waals surface area contributed by atoms with E-state index >= 15 is 0 Å². The smallest absolute Gasteiger partial charge is 0.123 e. The summed E-state index contributed by atoms with van der Waals surface area (Å²) < 4.78 is 18.4. The van der Waals surface area contributed by atoms with Gasteiger partial charge in [-0.05, 0) is 19.1 Å². The fraction of sp³-hybridized carbons (Fsp3) is 0.273. The lowest BCUT2D eigenvalue weighted by Crippen LogP contribution is -2.14. The first kappa shape index (κ1) is 11.9. The Labute approximate surface area is 94.5 Å². The van der Waals surface area contributed by atoms with E-state index in [1.54, 1.807) is 19.4 Å². The normalized spacial score (nSPS) is 18.1. The molecule has 1 unspecified atom stereocenters. The van der Waals surface area contributed by atoms with E-state index in [2.05, 4.69) is 5.32 Å². The van der Waals surface area contributed by atoms with Gasteiger partial charge in [-0.25, -0.2) is 4.39 Å². The first-order valence-electron chi connectivity index (χ1n) is 4.55. The molecule has 1 aliphatic rings. The van der Waals surface area contributed by atoms with Crippen LogP contribution in [0.15, 0.2) is 24.5 Å². The third-order valence-corrected chi connectivity index (χ3v) is 2.40. The minimum atomic E-state index is -0.223. The number of benzene rings is 1. The number of nitrogens with one attached hydrogen (secondary N) is 1. The summed E-state index contributed by atoms with van der Waals surface area (Å²) in [6.45, 7) is 1.94. The Hall–Kier alpha value is -1.22. The Balaban J connectivity index is 0.00000112.